The highest BCUT2D eigenvalue weighted by atomic mass is 16.7. The fraction of sp³-hybridized carbons (Fsp3) is 0.500. The van der Waals surface area contributed by atoms with Gasteiger partial charge in [0.25, 0.3) is 6.29 Å². The average molecular weight is 332 g/mol. The zero-order chi connectivity index (χ0) is 18.1. The van der Waals surface area contributed by atoms with Crippen LogP contribution in [0.5, 0.6) is 0 Å². The van der Waals surface area contributed by atoms with Gasteiger partial charge in [-0.2, -0.15) is 0 Å². The first kappa shape index (κ1) is 19.9. The van der Waals surface area contributed by atoms with E-state index in [0.717, 1.165) is 17.6 Å². The molecule has 0 saturated carbocycles. The second-order valence-corrected chi connectivity index (χ2v) is 6.19. The van der Waals surface area contributed by atoms with Gasteiger partial charge in [-0.1, -0.05) is 51.5 Å². The number of rotatable bonds is 8. The first-order valence-corrected chi connectivity index (χ1v) is 8.48. The van der Waals surface area contributed by atoms with Crippen LogP contribution in [0.1, 0.15) is 58.6 Å². The van der Waals surface area contributed by atoms with Crippen molar-refractivity contribution in [2.75, 3.05) is 0 Å². The molecule has 0 amide bonds. The Balaban J connectivity index is 3.04. The van der Waals surface area contributed by atoms with Crippen molar-refractivity contribution in [2.45, 2.75) is 60.2 Å². The lowest BCUT2D eigenvalue weighted by atomic mass is 9.98. The van der Waals surface area contributed by atoms with Crippen LogP contribution in [0.25, 0.3) is 6.08 Å². The summed E-state index contributed by atoms with van der Waals surface area (Å²) in [6.45, 7) is 8.73. The molecular formula is C20H28O4. The van der Waals surface area contributed by atoms with Gasteiger partial charge in [-0.25, -0.2) is 0 Å². The molecule has 24 heavy (non-hydrogen) atoms. The SMILES string of the molecule is CCCCc1ccc(C=C(C(C)C)C(OC(C)=O)OC(C)=O)cc1. The number of aryl methyl sites for hydroxylation is 1. The van der Waals surface area contributed by atoms with E-state index in [1.54, 1.807) is 0 Å². The lowest BCUT2D eigenvalue weighted by molar-refractivity contribution is -0.178. The van der Waals surface area contributed by atoms with E-state index in [4.69, 9.17) is 9.47 Å². The molecule has 0 aliphatic rings. The third-order valence-corrected chi connectivity index (χ3v) is 3.62. The first-order valence-electron chi connectivity index (χ1n) is 8.48. The van der Waals surface area contributed by atoms with E-state index < -0.39 is 18.2 Å². The summed E-state index contributed by atoms with van der Waals surface area (Å²) in [4.78, 5) is 22.6. The third kappa shape index (κ3) is 6.99. The molecular weight excluding hydrogens is 304 g/mol. The van der Waals surface area contributed by atoms with Gasteiger partial charge < -0.3 is 9.47 Å². The number of esters is 2. The molecule has 0 saturated heterocycles. The first-order chi connectivity index (χ1) is 11.3. The van der Waals surface area contributed by atoms with Gasteiger partial charge in [0.2, 0.25) is 0 Å². The van der Waals surface area contributed by atoms with Gasteiger partial charge in [0, 0.05) is 19.4 Å². The minimum absolute atomic E-state index is 0.0634. The Bertz CT molecular complexity index is 554. The highest BCUT2D eigenvalue weighted by Crippen LogP contribution is 2.22. The molecule has 0 aliphatic carbocycles. The second-order valence-electron chi connectivity index (χ2n) is 6.19. The molecule has 132 valence electrons. The standard InChI is InChI=1S/C20H28O4/c1-6-7-8-17-9-11-18(12-10-17)13-19(14(2)3)20(23-15(4)21)24-16(5)22/h9-14,20H,6-8H2,1-5H3. The summed E-state index contributed by atoms with van der Waals surface area (Å²) in [7, 11) is 0. The van der Waals surface area contributed by atoms with Crippen LogP contribution >= 0.6 is 0 Å². The van der Waals surface area contributed by atoms with E-state index in [0.29, 0.717) is 0 Å². The minimum atomic E-state index is -0.986. The maximum absolute atomic E-state index is 11.3. The number of unbranched alkanes of at least 4 members (excludes halogenated alkanes) is 1. The Hall–Kier alpha value is -2.10. The van der Waals surface area contributed by atoms with Crippen LogP contribution in [0.2, 0.25) is 0 Å². The molecule has 0 heterocycles. The maximum atomic E-state index is 11.3. The van der Waals surface area contributed by atoms with Gasteiger partial charge in [0.1, 0.15) is 0 Å². The van der Waals surface area contributed by atoms with Crippen LogP contribution in [0.3, 0.4) is 0 Å². The van der Waals surface area contributed by atoms with Crippen molar-refractivity contribution in [1.29, 1.82) is 0 Å². The largest absolute Gasteiger partial charge is 0.421 e. The quantitative estimate of drug-likeness (QED) is 0.519. The summed E-state index contributed by atoms with van der Waals surface area (Å²) in [5.41, 5.74) is 3.04. The van der Waals surface area contributed by atoms with E-state index >= 15 is 0 Å². The van der Waals surface area contributed by atoms with E-state index in [2.05, 4.69) is 19.1 Å². The molecule has 0 unspecified atom stereocenters. The zero-order valence-corrected chi connectivity index (χ0v) is 15.3. The predicted octanol–water partition coefficient (Wildman–Crippen LogP) is 4.52. The molecule has 1 aromatic rings. The third-order valence-electron chi connectivity index (χ3n) is 3.62. The molecule has 0 atom stereocenters. The fourth-order valence-electron chi connectivity index (χ4n) is 2.32. The van der Waals surface area contributed by atoms with E-state index in [1.807, 2.05) is 32.1 Å². The number of hydrogen-bond donors (Lipinski definition) is 0. The summed E-state index contributed by atoms with van der Waals surface area (Å²) in [6.07, 6.45) is 4.35. The van der Waals surface area contributed by atoms with Crippen molar-refractivity contribution in [2.24, 2.45) is 5.92 Å². The fourth-order valence-corrected chi connectivity index (χ4v) is 2.32. The van der Waals surface area contributed by atoms with Crippen LogP contribution < -0.4 is 0 Å². The van der Waals surface area contributed by atoms with Crippen LogP contribution in [0, 0.1) is 5.92 Å². The molecule has 4 heteroatoms. The summed E-state index contributed by atoms with van der Waals surface area (Å²) in [5.74, 6) is -0.904. The Morgan fingerprint density at radius 2 is 1.58 bits per heavy atom. The number of hydrogen-bond acceptors (Lipinski definition) is 4. The minimum Gasteiger partial charge on any atom is -0.421 e. The molecule has 0 fully saturated rings. The monoisotopic (exact) mass is 332 g/mol. The van der Waals surface area contributed by atoms with Crippen molar-refractivity contribution in [3.63, 3.8) is 0 Å². The van der Waals surface area contributed by atoms with Crippen LogP contribution in [0.4, 0.5) is 0 Å². The summed E-state index contributed by atoms with van der Waals surface area (Å²) >= 11 is 0. The van der Waals surface area contributed by atoms with Gasteiger partial charge in [-0.3, -0.25) is 9.59 Å². The molecule has 0 aromatic heterocycles. The molecule has 0 radical (unpaired) electrons. The smallest absolute Gasteiger partial charge is 0.305 e. The maximum Gasteiger partial charge on any atom is 0.305 e. The highest BCUT2D eigenvalue weighted by Gasteiger charge is 2.23. The lowest BCUT2D eigenvalue weighted by Crippen LogP contribution is -2.26. The zero-order valence-electron chi connectivity index (χ0n) is 15.3. The van der Waals surface area contributed by atoms with Gasteiger partial charge >= 0.3 is 11.9 Å². The highest BCUT2D eigenvalue weighted by molar-refractivity contribution is 5.69. The molecule has 4 nitrogen and oxygen atoms in total. The number of benzene rings is 1. The summed E-state index contributed by atoms with van der Waals surface area (Å²) in [6, 6.07) is 8.27. The van der Waals surface area contributed by atoms with Gasteiger partial charge in [0.15, 0.2) is 0 Å². The normalized spacial score (nSPS) is 11.7. The molecule has 1 rings (SSSR count). The van der Waals surface area contributed by atoms with Gasteiger partial charge in [-0.15, -0.1) is 0 Å². The molecule has 1 aromatic carbocycles. The number of ether oxygens (including phenoxy) is 2. The molecule has 0 bridgehead atoms. The average Bonchev–Trinajstić information content (AvgIpc) is 2.49. The van der Waals surface area contributed by atoms with Crippen LogP contribution in [-0.2, 0) is 25.5 Å². The number of carbonyl (C=O) groups excluding carboxylic acids is 2. The molecule has 0 spiro atoms. The lowest BCUT2D eigenvalue weighted by Gasteiger charge is -2.22. The Labute approximate surface area is 144 Å². The topological polar surface area (TPSA) is 52.6 Å². The predicted molar refractivity (Wildman–Crippen MR) is 95.2 cm³/mol. The van der Waals surface area contributed by atoms with Crippen LogP contribution in [0.15, 0.2) is 29.8 Å². The van der Waals surface area contributed by atoms with Crippen molar-refractivity contribution in [3.05, 3.63) is 41.0 Å². The van der Waals surface area contributed by atoms with Crippen molar-refractivity contribution in [3.8, 4) is 0 Å². The molecule has 0 aliphatic heterocycles. The summed E-state index contributed by atoms with van der Waals surface area (Å²) < 4.78 is 10.4. The Morgan fingerprint density at radius 3 is 2.00 bits per heavy atom. The van der Waals surface area contributed by atoms with Crippen molar-refractivity contribution in [1.82, 2.24) is 0 Å². The van der Waals surface area contributed by atoms with E-state index in [-0.39, 0.29) is 5.92 Å². The van der Waals surface area contributed by atoms with Crippen molar-refractivity contribution >= 4 is 18.0 Å². The Morgan fingerprint density at radius 1 is 1.04 bits per heavy atom. The van der Waals surface area contributed by atoms with Crippen molar-refractivity contribution < 1.29 is 19.1 Å². The number of carbonyl (C=O) groups is 2. The Kier molecular flexibility index (Phi) is 8.24. The van der Waals surface area contributed by atoms with E-state index in [9.17, 15) is 9.59 Å². The van der Waals surface area contributed by atoms with Gasteiger partial charge in [0.05, 0.1) is 0 Å². The second kappa shape index (κ2) is 9.91. The van der Waals surface area contributed by atoms with Gasteiger partial charge in [-0.05, 0) is 36.0 Å². The summed E-state index contributed by atoms with van der Waals surface area (Å²) in [5, 5.41) is 0. The van der Waals surface area contributed by atoms with Crippen LogP contribution in [-0.4, -0.2) is 18.2 Å². The molecule has 0 N–H and O–H groups in total. The van der Waals surface area contributed by atoms with E-state index in [1.165, 1.54) is 32.3 Å².